The number of aryl methyl sites for hydroxylation is 2. The van der Waals surface area contributed by atoms with Crippen molar-refractivity contribution in [1.82, 2.24) is 4.98 Å². The number of ether oxygens (including phenoxy) is 2. The van der Waals surface area contributed by atoms with Crippen LogP contribution in [0.25, 0.3) is 0 Å². The average molecular weight is 422 g/mol. The number of hydrogen-bond donors (Lipinski definition) is 1. The van der Waals surface area contributed by atoms with Gasteiger partial charge in [-0.2, -0.15) is 0 Å². The molecule has 1 N–H and O–H groups in total. The van der Waals surface area contributed by atoms with Gasteiger partial charge < -0.3 is 19.3 Å². The lowest BCUT2D eigenvalue weighted by Crippen LogP contribution is -2.24. The Bertz CT molecular complexity index is 888. The Kier molecular flexibility index (Phi) is 7.94. The number of rotatable bonds is 10. The quantitative estimate of drug-likeness (QED) is 0.508. The minimum Gasteiger partial charge on any atom is -0.493 e. The van der Waals surface area contributed by atoms with E-state index in [1.807, 2.05) is 33.8 Å². The first-order valence-corrected chi connectivity index (χ1v) is 11.3. The Morgan fingerprint density at radius 3 is 2.41 bits per heavy atom. The molecule has 2 atom stereocenters. The highest BCUT2D eigenvalue weighted by Crippen LogP contribution is 2.55. The third kappa shape index (κ3) is 5.22. The third-order valence-electron chi connectivity index (χ3n) is 4.73. The van der Waals surface area contributed by atoms with Gasteiger partial charge in [0.25, 0.3) is 0 Å². The van der Waals surface area contributed by atoms with E-state index in [0.29, 0.717) is 29.5 Å². The van der Waals surface area contributed by atoms with E-state index in [9.17, 15) is 4.57 Å². The highest BCUT2D eigenvalue weighted by atomic mass is 31.2. The summed E-state index contributed by atoms with van der Waals surface area (Å²) in [6.45, 7) is 9.82. The summed E-state index contributed by atoms with van der Waals surface area (Å²) < 4.78 is 36.2. The Morgan fingerprint density at radius 2 is 1.83 bits per heavy atom. The van der Waals surface area contributed by atoms with Crippen molar-refractivity contribution >= 4 is 13.4 Å². The summed E-state index contributed by atoms with van der Waals surface area (Å²) in [6.07, 6.45) is 2.25. The van der Waals surface area contributed by atoms with Crippen LogP contribution >= 0.6 is 7.60 Å². The van der Waals surface area contributed by atoms with Crippen LogP contribution in [0.1, 0.15) is 37.0 Å². The minimum absolute atomic E-state index is 0.252. The first kappa shape index (κ1) is 23.0. The molecule has 0 amide bonds. The molecule has 1 heterocycles. The number of hydrogen-bond acceptors (Lipinski definition) is 7. The topological polar surface area (TPSA) is 78.9 Å². The van der Waals surface area contributed by atoms with Gasteiger partial charge in [0.2, 0.25) is 0 Å². The van der Waals surface area contributed by atoms with Crippen LogP contribution in [-0.4, -0.2) is 31.6 Å². The van der Waals surface area contributed by atoms with E-state index in [2.05, 4.69) is 10.3 Å². The van der Waals surface area contributed by atoms with Crippen LogP contribution in [0.15, 0.2) is 24.4 Å². The van der Waals surface area contributed by atoms with Gasteiger partial charge in [-0.25, -0.2) is 9.55 Å². The van der Waals surface area contributed by atoms with Gasteiger partial charge in [0.1, 0.15) is 17.4 Å². The molecule has 2 rings (SSSR count). The van der Waals surface area contributed by atoms with Crippen LogP contribution < -0.4 is 19.3 Å². The Balaban J connectivity index is 2.40. The summed E-state index contributed by atoms with van der Waals surface area (Å²) in [5, 5.41) is 3.27. The molecule has 0 fully saturated rings. The lowest BCUT2D eigenvalue weighted by molar-refractivity contribution is 0.270. The fourth-order valence-corrected chi connectivity index (χ4v) is 4.87. The zero-order valence-corrected chi connectivity index (χ0v) is 19.1. The maximum atomic E-state index is 13.8. The second kappa shape index (κ2) is 9.99. The predicted octanol–water partition coefficient (Wildman–Crippen LogP) is 5.48. The molecule has 8 heteroatoms. The van der Waals surface area contributed by atoms with E-state index < -0.39 is 13.4 Å². The average Bonchev–Trinajstić information content (AvgIpc) is 2.68. The van der Waals surface area contributed by atoms with Crippen molar-refractivity contribution in [3.63, 3.8) is 0 Å². The lowest BCUT2D eigenvalue weighted by atomic mass is 10.1. The number of anilines is 1. The summed E-state index contributed by atoms with van der Waals surface area (Å²) in [4.78, 5) is 4.39. The molecule has 7 nitrogen and oxygen atoms in total. The molecule has 160 valence electrons. The van der Waals surface area contributed by atoms with Gasteiger partial charge >= 0.3 is 7.60 Å². The second-order valence-corrected chi connectivity index (χ2v) is 8.84. The molecule has 2 aromatic rings. The maximum Gasteiger partial charge on any atom is 0.401 e. The number of nitrogens with zero attached hydrogens (tertiary/aromatic N) is 1. The molecule has 0 aliphatic carbocycles. The van der Waals surface area contributed by atoms with Crippen LogP contribution in [-0.2, 0) is 9.09 Å². The normalized spacial score (nSPS) is 14.0. The standard InChI is InChI=1S/C21H31N2O5P/c1-8-19(23-21-16(5)14(3)10-11-22-21)29(24,27-9-2)28-17-12-15(4)20(26-7)18(13-17)25-6/h10-13,19H,8-9H2,1-7H3,(H,22,23). The van der Waals surface area contributed by atoms with Gasteiger partial charge in [-0.05, 0) is 62.9 Å². The largest absolute Gasteiger partial charge is 0.493 e. The van der Waals surface area contributed by atoms with Gasteiger partial charge in [-0.1, -0.05) is 6.92 Å². The molecule has 29 heavy (non-hydrogen) atoms. The highest BCUT2D eigenvalue weighted by Gasteiger charge is 2.37. The molecule has 0 aliphatic heterocycles. The predicted molar refractivity (Wildman–Crippen MR) is 116 cm³/mol. The number of methoxy groups -OCH3 is 2. The molecule has 1 aromatic heterocycles. The minimum atomic E-state index is -3.57. The van der Waals surface area contributed by atoms with Crippen molar-refractivity contribution in [2.75, 3.05) is 26.1 Å². The maximum absolute atomic E-state index is 13.8. The molecule has 2 unspecified atom stereocenters. The smallest absolute Gasteiger partial charge is 0.401 e. The van der Waals surface area contributed by atoms with Gasteiger partial charge in [-0.15, -0.1) is 0 Å². The second-order valence-electron chi connectivity index (χ2n) is 6.69. The van der Waals surface area contributed by atoms with Crippen molar-refractivity contribution in [3.05, 3.63) is 41.1 Å². The number of aromatic nitrogens is 1. The van der Waals surface area contributed by atoms with Crippen LogP contribution in [0.2, 0.25) is 0 Å². The first-order chi connectivity index (χ1) is 13.8. The van der Waals surface area contributed by atoms with Crippen LogP contribution in [0, 0.1) is 20.8 Å². The van der Waals surface area contributed by atoms with E-state index in [4.69, 9.17) is 18.5 Å². The number of nitrogens with one attached hydrogen (secondary N) is 1. The molecule has 0 radical (unpaired) electrons. The Morgan fingerprint density at radius 1 is 1.10 bits per heavy atom. The third-order valence-corrected chi connectivity index (χ3v) is 7.07. The van der Waals surface area contributed by atoms with Crippen molar-refractivity contribution in [2.24, 2.45) is 0 Å². The van der Waals surface area contributed by atoms with E-state index >= 15 is 0 Å². The summed E-state index contributed by atoms with van der Waals surface area (Å²) in [5.74, 6) is 1.61. The molecular formula is C21H31N2O5P. The molecule has 1 aromatic carbocycles. The van der Waals surface area contributed by atoms with Crippen molar-refractivity contribution < 1.29 is 23.1 Å². The lowest BCUT2D eigenvalue weighted by Gasteiger charge is -2.28. The molecule has 0 spiro atoms. The monoisotopic (exact) mass is 422 g/mol. The van der Waals surface area contributed by atoms with Crippen LogP contribution in [0.3, 0.4) is 0 Å². The summed E-state index contributed by atoms with van der Waals surface area (Å²) >= 11 is 0. The van der Waals surface area contributed by atoms with E-state index in [0.717, 1.165) is 16.7 Å². The molecule has 0 saturated carbocycles. The fraction of sp³-hybridized carbons (Fsp3) is 0.476. The highest BCUT2D eigenvalue weighted by molar-refractivity contribution is 7.55. The van der Waals surface area contributed by atoms with E-state index in [1.165, 1.54) is 0 Å². The Labute approximate surface area is 173 Å². The summed E-state index contributed by atoms with van der Waals surface area (Å²) in [5.41, 5.74) is 2.90. The Hall–Kier alpha value is -2.24. The fourth-order valence-electron chi connectivity index (χ4n) is 3.02. The van der Waals surface area contributed by atoms with Gasteiger partial charge in [0.05, 0.1) is 20.8 Å². The van der Waals surface area contributed by atoms with E-state index in [-0.39, 0.29) is 6.61 Å². The van der Waals surface area contributed by atoms with Crippen molar-refractivity contribution in [3.8, 4) is 17.2 Å². The number of pyridine rings is 1. The zero-order chi connectivity index (χ0) is 21.6. The number of benzene rings is 1. The van der Waals surface area contributed by atoms with Crippen molar-refractivity contribution in [1.29, 1.82) is 0 Å². The van der Waals surface area contributed by atoms with Crippen LogP contribution in [0.5, 0.6) is 17.2 Å². The summed E-state index contributed by atoms with van der Waals surface area (Å²) in [6, 6.07) is 5.35. The van der Waals surface area contributed by atoms with Crippen LogP contribution in [0.4, 0.5) is 5.82 Å². The summed E-state index contributed by atoms with van der Waals surface area (Å²) in [7, 11) is -0.452. The molecule has 0 saturated heterocycles. The van der Waals surface area contributed by atoms with Gasteiger partial charge in [0, 0.05) is 12.3 Å². The van der Waals surface area contributed by atoms with Crippen molar-refractivity contribution in [2.45, 2.75) is 46.8 Å². The van der Waals surface area contributed by atoms with E-state index in [1.54, 1.807) is 39.5 Å². The zero-order valence-electron chi connectivity index (χ0n) is 18.2. The molecule has 0 aliphatic rings. The SMILES string of the molecule is CCOP(=O)(Oc1cc(C)c(OC)c(OC)c1)C(CC)Nc1nccc(C)c1C. The van der Waals surface area contributed by atoms with Gasteiger partial charge in [-0.3, -0.25) is 4.52 Å². The molecule has 0 bridgehead atoms. The van der Waals surface area contributed by atoms with Gasteiger partial charge in [0.15, 0.2) is 11.5 Å². The first-order valence-electron chi connectivity index (χ1n) is 9.64. The molecular weight excluding hydrogens is 391 g/mol.